The number of nitrogens with zero attached hydrogens (tertiary/aromatic N) is 4. The van der Waals surface area contributed by atoms with E-state index in [1.165, 1.54) is 62.8 Å². The molecule has 19 nitrogen and oxygen atoms in total. The Labute approximate surface area is 731 Å². The first-order valence-electron chi connectivity index (χ1n) is 42.6. The van der Waals surface area contributed by atoms with Gasteiger partial charge in [-0.2, -0.15) is 0 Å². The van der Waals surface area contributed by atoms with Crippen molar-refractivity contribution < 1.29 is 76.9 Å². The summed E-state index contributed by atoms with van der Waals surface area (Å²) in [5.41, 5.74) is 14.5. The summed E-state index contributed by atoms with van der Waals surface area (Å²) < 4.78 is 62.4. The van der Waals surface area contributed by atoms with E-state index in [9.17, 15) is 53.2 Å². The fourth-order valence-corrected chi connectivity index (χ4v) is 16.4. The molecule has 4 heterocycles. The van der Waals surface area contributed by atoms with Crippen LogP contribution in [0.25, 0.3) is 88.1 Å². The highest BCUT2D eigenvalue weighted by Gasteiger charge is 2.33. The molecule has 127 heavy (non-hydrogen) atoms. The molecule has 12 aromatic carbocycles. The third-order valence-electron chi connectivity index (χ3n) is 23.5. The first-order chi connectivity index (χ1) is 61.9. The molecule has 4 aliphatic carbocycles. The average Bonchev–Trinajstić information content (AvgIpc) is 1.62. The Bertz CT molecular complexity index is 6770. The van der Waals surface area contributed by atoms with Crippen LogP contribution in [0, 0.1) is 35.3 Å². The second-order valence-electron chi connectivity index (χ2n) is 32.7. The van der Waals surface area contributed by atoms with Crippen molar-refractivity contribution in [2.24, 2.45) is 23.7 Å². The minimum atomic E-state index is -1.00. The number of aromatic nitrogens is 4. The van der Waals surface area contributed by atoms with Gasteiger partial charge in [0.05, 0.1) is 34.0 Å². The number of para-hydroxylation sites is 4. The maximum absolute atomic E-state index is 13.4. The number of carbonyl (C=O) groups excluding carboxylic acids is 1. The maximum Gasteiger partial charge on any atom is 0.353 e. The normalized spacial score (nSPS) is 13.3. The van der Waals surface area contributed by atoms with E-state index in [0.717, 1.165) is 136 Å². The number of anilines is 1. The number of amides is 1. The number of ether oxygens (including phenoxy) is 5. The number of nitrogens with one attached hydrogen (secondary N) is 1. The molecule has 4 fully saturated rings. The summed E-state index contributed by atoms with van der Waals surface area (Å²) >= 11 is 0. The van der Waals surface area contributed by atoms with Crippen LogP contribution >= 0.6 is 0 Å². The van der Waals surface area contributed by atoms with Crippen molar-refractivity contribution in [3.05, 3.63) is 348 Å². The van der Waals surface area contributed by atoms with Crippen molar-refractivity contribution in [3.63, 3.8) is 0 Å². The fraction of sp³-hybridized carbons (Fsp3) is 0.198. The van der Waals surface area contributed by atoms with Crippen molar-refractivity contribution in [1.29, 1.82) is 0 Å². The van der Waals surface area contributed by atoms with E-state index in [2.05, 4.69) is 5.32 Å². The molecule has 0 aliphatic heterocycles. The lowest BCUT2D eigenvalue weighted by molar-refractivity contribution is -0.117. The summed E-state index contributed by atoms with van der Waals surface area (Å²) in [6.07, 6.45) is 9.17. The summed E-state index contributed by atoms with van der Waals surface area (Å²) in [5, 5.41) is 47.3. The molecule has 0 unspecified atom stereocenters. The van der Waals surface area contributed by atoms with Gasteiger partial charge in [0.1, 0.15) is 63.2 Å². The van der Waals surface area contributed by atoms with Crippen molar-refractivity contribution in [3.8, 4) is 73.3 Å². The molecule has 4 aliphatic rings. The lowest BCUT2D eigenvalue weighted by Crippen LogP contribution is -2.13. The minimum Gasteiger partial charge on any atom is -0.497 e. The predicted octanol–water partition coefficient (Wildman–Crippen LogP) is 23.2. The monoisotopic (exact) mass is 1700 g/mol. The van der Waals surface area contributed by atoms with Crippen molar-refractivity contribution in [2.75, 3.05) is 39.4 Å². The molecule has 0 spiro atoms. The highest BCUT2D eigenvalue weighted by Crippen LogP contribution is 2.44. The van der Waals surface area contributed by atoms with Crippen molar-refractivity contribution in [1.82, 2.24) is 18.3 Å². The molecule has 0 bridgehead atoms. The molecule has 16 aromatic rings. The fourth-order valence-electron chi connectivity index (χ4n) is 16.4. The zero-order valence-electron chi connectivity index (χ0n) is 70.0. The SMILES string of the molecule is COc1cccc(Cn2c(C(=O)O)c(-c3cccc(NC(=O)C4CC4)c3)c3ccccc32)c1.COc1cccc(Cn2c(C(=O)O)c(-c3cccc(OCC4CC4)c3)c3ccccc32)c1.O=C(O)c1c(-c2ccc(OCC3CC3)cc2)c2ccccc2n1Cc1ccc(F)cc1.O=C(O)c1c(-c2cccc(OCC3CC3)c2)c2ccccc2n1Cc1ccc(F)cc1. The number of carboxylic acids is 4. The van der Waals surface area contributed by atoms with E-state index in [0.29, 0.717) is 85.1 Å². The molecular formula is C106H93F2N5O14. The number of hydrogen-bond acceptors (Lipinski definition) is 10. The van der Waals surface area contributed by atoms with Crippen LogP contribution < -0.4 is 29.0 Å². The number of benzene rings is 12. The smallest absolute Gasteiger partial charge is 0.353 e. The van der Waals surface area contributed by atoms with E-state index in [4.69, 9.17) is 23.7 Å². The maximum atomic E-state index is 13.4. The van der Waals surface area contributed by atoms with Crippen molar-refractivity contribution in [2.45, 2.75) is 77.5 Å². The van der Waals surface area contributed by atoms with Gasteiger partial charge in [0.25, 0.3) is 0 Å². The van der Waals surface area contributed by atoms with Gasteiger partial charge in [-0.25, -0.2) is 28.0 Å². The number of methoxy groups -OCH3 is 2. The molecule has 0 radical (unpaired) electrons. The first-order valence-corrected chi connectivity index (χ1v) is 42.6. The van der Waals surface area contributed by atoms with Gasteiger partial charge >= 0.3 is 23.9 Å². The van der Waals surface area contributed by atoms with Gasteiger partial charge in [0.15, 0.2) is 0 Å². The minimum absolute atomic E-state index is 0.0195. The van der Waals surface area contributed by atoms with Gasteiger partial charge in [0, 0.05) is 104 Å². The van der Waals surface area contributed by atoms with Gasteiger partial charge in [-0.05, 0) is 235 Å². The van der Waals surface area contributed by atoms with Crippen LogP contribution in [0.2, 0.25) is 0 Å². The molecule has 21 heteroatoms. The van der Waals surface area contributed by atoms with Crippen LogP contribution in [0.4, 0.5) is 14.5 Å². The Kier molecular flexibility index (Phi) is 24.9. The summed E-state index contributed by atoms with van der Waals surface area (Å²) in [7, 11) is 3.24. The molecule has 0 atom stereocenters. The number of fused-ring (bicyclic) bond motifs is 4. The van der Waals surface area contributed by atoms with Crippen molar-refractivity contribution >= 4 is 79.1 Å². The van der Waals surface area contributed by atoms with Gasteiger partial charge in [-0.15, -0.1) is 0 Å². The van der Waals surface area contributed by atoms with E-state index in [1.54, 1.807) is 47.6 Å². The lowest BCUT2D eigenvalue weighted by Gasteiger charge is -2.11. The van der Waals surface area contributed by atoms with E-state index < -0.39 is 23.9 Å². The van der Waals surface area contributed by atoms with Gasteiger partial charge in [-0.1, -0.05) is 170 Å². The van der Waals surface area contributed by atoms with E-state index in [-0.39, 0.29) is 46.2 Å². The zero-order chi connectivity index (χ0) is 87.8. The Morgan fingerprint density at radius 2 is 0.630 bits per heavy atom. The first kappa shape index (κ1) is 84.2. The number of halogens is 2. The molecule has 5 N–H and O–H groups in total. The average molecular weight is 1700 g/mol. The topological polar surface area (TPSA) is 244 Å². The largest absolute Gasteiger partial charge is 0.497 e. The predicted molar refractivity (Wildman–Crippen MR) is 489 cm³/mol. The summed E-state index contributed by atoms with van der Waals surface area (Å²) in [5.74, 6) is 1.26. The highest BCUT2D eigenvalue weighted by molar-refractivity contribution is 6.12. The number of carboxylic acid groups (broad SMARTS) is 4. The molecule has 1 amide bonds. The van der Waals surface area contributed by atoms with Gasteiger partial charge in [0.2, 0.25) is 5.91 Å². The van der Waals surface area contributed by atoms with Gasteiger partial charge < -0.3 is 67.7 Å². The summed E-state index contributed by atoms with van der Waals surface area (Å²) in [6.45, 7) is 3.63. The number of rotatable bonds is 29. The highest BCUT2D eigenvalue weighted by atomic mass is 19.1. The molecule has 0 saturated heterocycles. The molecular weight excluding hydrogens is 1610 g/mol. The van der Waals surface area contributed by atoms with Crippen LogP contribution in [0.3, 0.4) is 0 Å². The lowest BCUT2D eigenvalue weighted by atomic mass is 10.0. The second-order valence-corrected chi connectivity index (χ2v) is 32.7. The third-order valence-corrected chi connectivity index (χ3v) is 23.5. The Morgan fingerprint density at radius 1 is 0.315 bits per heavy atom. The summed E-state index contributed by atoms with van der Waals surface area (Å²) in [6, 6.07) is 88.9. The second kappa shape index (κ2) is 37.6. The standard InChI is InChI=1S/C27H24N2O4.C27H25NO4.2C26H22FNO3/c1-33-21-9-4-6-17(14-21)16-29-23-11-3-2-10-22(23)24(25(29)27(31)32)19-7-5-8-20(15-19)28-26(30)18-12-13-18;1-31-21-8-4-6-19(14-21)16-28-24-11-3-2-10-23(24)25(26(28)27(29)30)20-7-5-9-22(15-20)32-17-18-12-13-18;27-20-12-10-17(11-13-20)15-28-23-7-2-1-6-22(23)24(25(28)26(29)30)19-4-3-5-21(14-19)31-16-18-8-9-18;27-20-11-7-17(8-12-20)15-28-23-4-2-1-3-22(23)24(25(28)26(29)30)19-9-13-21(14-10-19)31-16-18-5-6-18/h2-11,14-15,18H,12-13,16H2,1H3,(H,28,30)(H,31,32);2-11,14-15,18H,12-13,16-17H2,1H3,(H,29,30);1-7,10-14,18H,8-9,15-16H2,(H,29,30);1-4,7-14,18H,5-6,15-16H2,(H,29,30). The quantitative estimate of drug-likeness (QED) is 0.0293. The van der Waals surface area contributed by atoms with Crippen LogP contribution in [-0.4, -0.2) is 103 Å². The summed E-state index contributed by atoms with van der Waals surface area (Å²) in [4.78, 5) is 62.1. The number of aromatic carboxylic acids is 4. The Balaban J connectivity index is 0.000000119. The van der Waals surface area contributed by atoms with E-state index in [1.807, 2.05) is 252 Å². The van der Waals surface area contributed by atoms with E-state index >= 15 is 0 Å². The number of hydrogen-bond donors (Lipinski definition) is 5. The van der Waals surface area contributed by atoms with Crippen LogP contribution in [0.15, 0.2) is 291 Å². The molecule has 4 aromatic heterocycles. The molecule has 20 rings (SSSR count). The van der Waals surface area contributed by atoms with Crippen LogP contribution in [0.5, 0.6) is 28.7 Å². The molecule has 4 saturated carbocycles. The number of carbonyl (C=O) groups is 5. The van der Waals surface area contributed by atoms with Crippen LogP contribution in [-0.2, 0) is 31.0 Å². The van der Waals surface area contributed by atoms with Crippen LogP contribution in [0.1, 0.15) is 116 Å². The molecule has 640 valence electrons. The third kappa shape index (κ3) is 19.5. The zero-order valence-corrected chi connectivity index (χ0v) is 70.0. The Hall–Kier alpha value is -15.0. The Morgan fingerprint density at radius 3 is 0.976 bits per heavy atom. The van der Waals surface area contributed by atoms with Gasteiger partial charge in [-0.3, -0.25) is 4.79 Å².